The van der Waals surface area contributed by atoms with Crippen LogP contribution in [0.15, 0.2) is 53.7 Å². The Kier molecular flexibility index (Phi) is 6.84. The van der Waals surface area contributed by atoms with E-state index in [0.717, 1.165) is 65.3 Å². The van der Waals surface area contributed by atoms with Gasteiger partial charge in [0.1, 0.15) is 22.8 Å². The number of nitrogens with zero attached hydrogens (tertiary/aromatic N) is 5. The summed E-state index contributed by atoms with van der Waals surface area (Å²) in [6.45, 7) is 4.81. The van der Waals surface area contributed by atoms with Crippen molar-refractivity contribution in [1.29, 1.82) is 0 Å². The molecule has 192 valence electrons. The SMILES string of the molecule is CSc1ccc(-c2cc(N3CCOCC3C)nc3c(-c4ccnn4C4CCCCO4)nccc23)c(F)c1. The molecule has 7 nitrogen and oxygen atoms in total. The van der Waals surface area contributed by atoms with E-state index in [0.29, 0.717) is 24.5 Å². The maximum atomic E-state index is 15.5. The van der Waals surface area contributed by atoms with Crippen LogP contribution in [-0.4, -0.2) is 58.4 Å². The molecular weight excluding hydrogens is 489 g/mol. The molecule has 2 aliphatic heterocycles. The van der Waals surface area contributed by atoms with E-state index in [-0.39, 0.29) is 18.1 Å². The maximum Gasteiger partial charge on any atom is 0.150 e. The van der Waals surface area contributed by atoms with E-state index < -0.39 is 0 Å². The number of rotatable bonds is 5. The van der Waals surface area contributed by atoms with Crippen LogP contribution < -0.4 is 4.90 Å². The van der Waals surface area contributed by atoms with Crippen LogP contribution >= 0.6 is 11.8 Å². The Morgan fingerprint density at radius 2 is 1.97 bits per heavy atom. The van der Waals surface area contributed by atoms with Gasteiger partial charge in [0.05, 0.1) is 24.9 Å². The third-order valence-electron chi connectivity index (χ3n) is 7.18. The fraction of sp³-hybridized carbons (Fsp3) is 0.393. The van der Waals surface area contributed by atoms with Gasteiger partial charge in [-0.25, -0.2) is 14.1 Å². The van der Waals surface area contributed by atoms with Gasteiger partial charge in [0.15, 0.2) is 6.23 Å². The molecule has 1 aromatic carbocycles. The first-order valence-corrected chi connectivity index (χ1v) is 14.0. The van der Waals surface area contributed by atoms with Gasteiger partial charge in [0.2, 0.25) is 0 Å². The molecule has 2 fully saturated rings. The summed E-state index contributed by atoms with van der Waals surface area (Å²) in [5.74, 6) is 0.542. The maximum absolute atomic E-state index is 15.5. The minimum absolute atomic E-state index is 0.130. The molecule has 0 N–H and O–H groups in total. The first-order chi connectivity index (χ1) is 18.1. The molecule has 0 aliphatic carbocycles. The number of morpholine rings is 1. The minimum atomic E-state index is -0.251. The second-order valence-corrected chi connectivity index (χ2v) is 10.4. The smallest absolute Gasteiger partial charge is 0.150 e. The van der Waals surface area contributed by atoms with E-state index in [1.165, 1.54) is 11.8 Å². The third-order valence-corrected chi connectivity index (χ3v) is 7.91. The van der Waals surface area contributed by atoms with Gasteiger partial charge in [-0.3, -0.25) is 4.98 Å². The molecule has 9 heteroatoms. The van der Waals surface area contributed by atoms with Crippen LogP contribution in [0.3, 0.4) is 0 Å². The van der Waals surface area contributed by atoms with Crippen molar-refractivity contribution in [2.45, 2.75) is 43.4 Å². The Morgan fingerprint density at radius 1 is 1.05 bits per heavy atom. The van der Waals surface area contributed by atoms with Crippen molar-refractivity contribution in [2.75, 3.05) is 37.5 Å². The standard InChI is InChI=1S/C28H30FN5O2S/c1-18-17-35-14-12-33(18)25-16-22(20-7-6-19(37-2)15-23(20)29)21-8-10-30-28(27(21)32-25)24-9-11-31-34(24)26-5-3-4-13-36-26/h6-11,15-16,18,26H,3-5,12-14,17H2,1-2H3. The van der Waals surface area contributed by atoms with Gasteiger partial charge in [-0.2, -0.15) is 5.10 Å². The first-order valence-electron chi connectivity index (χ1n) is 12.8. The fourth-order valence-electron chi connectivity index (χ4n) is 5.25. The fourth-order valence-corrected chi connectivity index (χ4v) is 5.68. The van der Waals surface area contributed by atoms with Crippen LogP contribution in [-0.2, 0) is 9.47 Å². The number of benzene rings is 1. The monoisotopic (exact) mass is 519 g/mol. The number of halogens is 1. The van der Waals surface area contributed by atoms with Crippen molar-refractivity contribution in [3.8, 4) is 22.5 Å². The number of aromatic nitrogens is 4. The summed E-state index contributed by atoms with van der Waals surface area (Å²) in [4.78, 5) is 13.0. The molecule has 0 bridgehead atoms. The summed E-state index contributed by atoms with van der Waals surface area (Å²) < 4.78 is 29.1. The van der Waals surface area contributed by atoms with Gasteiger partial charge < -0.3 is 14.4 Å². The Hall–Kier alpha value is -3.01. The van der Waals surface area contributed by atoms with Gasteiger partial charge in [-0.15, -0.1) is 11.8 Å². The van der Waals surface area contributed by atoms with Gasteiger partial charge in [0, 0.05) is 41.4 Å². The molecule has 2 aliphatic rings. The summed E-state index contributed by atoms with van der Waals surface area (Å²) in [5.41, 5.74) is 3.64. The number of fused-ring (bicyclic) bond motifs is 1. The number of hydrogen-bond acceptors (Lipinski definition) is 7. The van der Waals surface area contributed by atoms with Crippen molar-refractivity contribution < 1.29 is 13.9 Å². The highest BCUT2D eigenvalue weighted by atomic mass is 32.2. The molecule has 2 saturated heterocycles. The quantitative estimate of drug-likeness (QED) is 0.302. The van der Waals surface area contributed by atoms with Gasteiger partial charge in [-0.1, -0.05) is 6.07 Å². The molecule has 37 heavy (non-hydrogen) atoms. The average molecular weight is 520 g/mol. The highest BCUT2D eigenvalue weighted by molar-refractivity contribution is 7.98. The number of ether oxygens (including phenoxy) is 2. The highest BCUT2D eigenvalue weighted by Gasteiger charge is 2.26. The van der Waals surface area contributed by atoms with E-state index in [9.17, 15) is 0 Å². The highest BCUT2D eigenvalue weighted by Crippen LogP contribution is 2.38. The van der Waals surface area contributed by atoms with Crippen molar-refractivity contribution in [3.63, 3.8) is 0 Å². The topological polar surface area (TPSA) is 65.3 Å². The van der Waals surface area contributed by atoms with Gasteiger partial charge in [-0.05, 0) is 68.3 Å². The van der Waals surface area contributed by atoms with Gasteiger partial charge >= 0.3 is 0 Å². The first kappa shape index (κ1) is 24.3. The number of anilines is 1. The van der Waals surface area contributed by atoms with Gasteiger partial charge in [0.25, 0.3) is 0 Å². The summed E-state index contributed by atoms with van der Waals surface area (Å²) in [5, 5.41) is 5.45. The summed E-state index contributed by atoms with van der Waals surface area (Å²) in [6, 6.07) is 11.5. The molecule has 0 spiro atoms. The number of hydrogen-bond donors (Lipinski definition) is 0. The molecule has 2 unspecified atom stereocenters. The number of thioether (sulfide) groups is 1. The Labute approximate surface area is 220 Å². The Morgan fingerprint density at radius 3 is 2.76 bits per heavy atom. The lowest BCUT2D eigenvalue weighted by Crippen LogP contribution is -2.44. The molecule has 4 aromatic rings. The Balaban J connectivity index is 1.57. The molecule has 3 aromatic heterocycles. The largest absolute Gasteiger partial charge is 0.377 e. The van der Waals surface area contributed by atoms with Crippen molar-refractivity contribution in [1.82, 2.24) is 19.7 Å². The molecule has 6 rings (SSSR count). The van der Waals surface area contributed by atoms with E-state index in [4.69, 9.17) is 19.4 Å². The van der Waals surface area contributed by atoms with Crippen LogP contribution in [0, 0.1) is 5.82 Å². The molecular formula is C28H30FN5O2S. The van der Waals surface area contributed by atoms with Crippen molar-refractivity contribution in [3.05, 3.63) is 54.6 Å². The average Bonchev–Trinajstić information content (AvgIpc) is 3.43. The third kappa shape index (κ3) is 4.60. The van der Waals surface area contributed by atoms with Crippen LogP contribution in [0.25, 0.3) is 33.4 Å². The lowest BCUT2D eigenvalue weighted by Gasteiger charge is -2.34. The summed E-state index contributed by atoms with van der Waals surface area (Å²) in [6.07, 6.45) is 8.43. The van der Waals surface area contributed by atoms with Crippen LogP contribution in [0.1, 0.15) is 32.4 Å². The molecule has 0 amide bonds. The number of pyridine rings is 2. The second kappa shape index (κ2) is 10.4. The summed E-state index contributed by atoms with van der Waals surface area (Å²) >= 11 is 1.53. The molecule has 0 saturated carbocycles. The van der Waals surface area contributed by atoms with E-state index in [1.807, 2.05) is 41.3 Å². The van der Waals surface area contributed by atoms with Crippen molar-refractivity contribution >= 4 is 28.5 Å². The Bertz CT molecular complexity index is 1420. The normalized spacial score (nSPS) is 20.5. The molecule has 0 radical (unpaired) electrons. The predicted octanol–water partition coefficient (Wildman–Crippen LogP) is 5.95. The zero-order valence-corrected chi connectivity index (χ0v) is 21.9. The zero-order valence-electron chi connectivity index (χ0n) is 21.1. The minimum Gasteiger partial charge on any atom is -0.377 e. The lowest BCUT2D eigenvalue weighted by atomic mass is 9.99. The summed E-state index contributed by atoms with van der Waals surface area (Å²) in [7, 11) is 0. The predicted molar refractivity (Wildman–Crippen MR) is 144 cm³/mol. The van der Waals surface area contributed by atoms with Crippen LogP contribution in [0.2, 0.25) is 0 Å². The van der Waals surface area contributed by atoms with E-state index >= 15 is 4.39 Å². The lowest BCUT2D eigenvalue weighted by molar-refractivity contribution is -0.0383. The van der Waals surface area contributed by atoms with Crippen LogP contribution in [0.5, 0.6) is 0 Å². The van der Waals surface area contributed by atoms with Crippen molar-refractivity contribution in [2.24, 2.45) is 0 Å². The van der Waals surface area contributed by atoms with E-state index in [1.54, 1.807) is 18.5 Å². The second-order valence-electron chi connectivity index (χ2n) is 9.53. The zero-order chi connectivity index (χ0) is 25.4. The molecule has 5 heterocycles. The van der Waals surface area contributed by atoms with E-state index in [2.05, 4.69) is 16.9 Å². The molecule has 2 atom stereocenters. The van der Waals surface area contributed by atoms with Crippen LogP contribution in [0.4, 0.5) is 10.2 Å².